The highest BCUT2D eigenvalue weighted by Crippen LogP contribution is 2.30. The van der Waals surface area contributed by atoms with E-state index in [1.54, 1.807) is 24.7 Å². The molecule has 0 spiro atoms. The molecule has 0 amide bonds. The number of thiazole rings is 1. The Hall–Kier alpha value is -1.53. The second-order valence-corrected chi connectivity index (χ2v) is 5.39. The van der Waals surface area contributed by atoms with E-state index in [0.717, 1.165) is 35.3 Å². The van der Waals surface area contributed by atoms with Crippen molar-refractivity contribution in [1.29, 1.82) is 0 Å². The van der Waals surface area contributed by atoms with Crippen molar-refractivity contribution in [3.8, 4) is 5.88 Å². The number of nitrogens with zero attached hydrogens (tertiary/aromatic N) is 2. The average molecular weight is 281 g/mol. The molecule has 0 aliphatic rings. The van der Waals surface area contributed by atoms with Gasteiger partial charge in [-0.2, -0.15) is 4.98 Å². The summed E-state index contributed by atoms with van der Waals surface area (Å²) in [7, 11) is 5.61. The highest BCUT2D eigenvalue weighted by Gasteiger charge is 2.12. The number of methoxy groups -OCH3 is 1. The van der Waals surface area contributed by atoms with Gasteiger partial charge in [-0.3, -0.25) is 0 Å². The summed E-state index contributed by atoms with van der Waals surface area (Å²) < 4.78 is 10.6. The standard InChI is InChI=1S/C13H19N3O2S/c1-16(2)13-15-12(17-3)11(19-13)9-14-7-6-10-5-4-8-18-10/h4-5,8,14H,6-7,9H2,1-3H3. The van der Waals surface area contributed by atoms with Crippen molar-refractivity contribution in [3.63, 3.8) is 0 Å². The smallest absolute Gasteiger partial charge is 0.230 e. The van der Waals surface area contributed by atoms with E-state index in [0.29, 0.717) is 5.88 Å². The normalized spacial score (nSPS) is 10.7. The molecule has 2 heterocycles. The van der Waals surface area contributed by atoms with Crippen LogP contribution in [0.4, 0.5) is 5.13 Å². The Kier molecular flexibility index (Phi) is 4.81. The maximum atomic E-state index is 5.29. The van der Waals surface area contributed by atoms with Crippen molar-refractivity contribution in [2.24, 2.45) is 0 Å². The fourth-order valence-electron chi connectivity index (χ4n) is 1.66. The first-order valence-corrected chi connectivity index (χ1v) is 6.96. The third kappa shape index (κ3) is 3.71. The molecule has 0 atom stereocenters. The van der Waals surface area contributed by atoms with Crippen molar-refractivity contribution < 1.29 is 9.15 Å². The van der Waals surface area contributed by atoms with E-state index in [1.807, 2.05) is 31.1 Å². The van der Waals surface area contributed by atoms with Gasteiger partial charge >= 0.3 is 0 Å². The molecule has 2 rings (SSSR count). The molecule has 0 radical (unpaired) electrons. The Morgan fingerprint density at radius 1 is 1.47 bits per heavy atom. The van der Waals surface area contributed by atoms with E-state index in [2.05, 4.69) is 10.3 Å². The maximum Gasteiger partial charge on any atom is 0.230 e. The fourth-order valence-corrected chi connectivity index (χ4v) is 2.58. The number of furan rings is 1. The molecule has 1 N–H and O–H groups in total. The molecular weight excluding hydrogens is 262 g/mol. The van der Waals surface area contributed by atoms with Crippen molar-refractivity contribution in [2.75, 3.05) is 32.6 Å². The summed E-state index contributed by atoms with van der Waals surface area (Å²) in [6.45, 7) is 1.63. The van der Waals surface area contributed by atoms with Gasteiger partial charge in [0.1, 0.15) is 5.76 Å². The van der Waals surface area contributed by atoms with E-state index < -0.39 is 0 Å². The number of hydrogen-bond donors (Lipinski definition) is 1. The molecule has 2 aromatic heterocycles. The van der Waals surface area contributed by atoms with Crippen LogP contribution in [0.3, 0.4) is 0 Å². The summed E-state index contributed by atoms with van der Waals surface area (Å²) in [6, 6.07) is 3.89. The zero-order valence-corrected chi connectivity index (χ0v) is 12.3. The zero-order chi connectivity index (χ0) is 13.7. The summed E-state index contributed by atoms with van der Waals surface area (Å²) in [4.78, 5) is 7.52. The van der Waals surface area contributed by atoms with Crippen LogP contribution < -0.4 is 15.0 Å². The molecule has 5 nitrogen and oxygen atoms in total. The molecule has 19 heavy (non-hydrogen) atoms. The SMILES string of the molecule is COc1nc(N(C)C)sc1CNCCc1ccco1. The number of aromatic nitrogens is 1. The largest absolute Gasteiger partial charge is 0.480 e. The molecule has 0 saturated heterocycles. The summed E-state index contributed by atoms with van der Waals surface area (Å²) >= 11 is 1.64. The van der Waals surface area contributed by atoms with Crippen LogP contribution in [0, 0.1) is 0 Å². The number of rotatable bonds is 7. The van der Waals surface area contributed by atoms with Crippen LogP contribution >= 0.6 is 11.3 Å². The maximum absolute atomic E-state index is 5.29. The molecule has 0 aromatic carbocycles. The first-order valence-electron chi connectivity index (χ1n) is 6.15. The van der Waals surface area contributed by atoms with E-state index in [4.69, 9.17) is 9.15 Å². The second-order valence-electron chi connectivity index (χ2n) is 4.33. The lowest BCUT2D eigenvalue weighted by Gasteiger charge is -2.05. The summed E-state index contributed by atoms with van der Waals surface area (Å²) in [6.07, 6.45) is 2.58. The summed E-state index contributed by atoms with van der Waals surface area (Å²) in [5, 5.41) is 4.34. The molecule has 0 saturated carbocycles. The van der Waals surface area contributed by atoms with Gasteiger partial charge in [0, 0.05) is 33.6 Å². The van der Waals surface area contributed by atoms with Crippen LogP contribution in [0.2, 0.25) is 0 Å². The first-order chi connectivity index (χ1) is 9.20. The average Bonchev–Trinajstić information content (AvgIpc) is 3.03. The van der Waals surface area contributed by atoms with Gasteiger partial charge < -0.3 is 19.4 Å². The van der Waals surface area contributed by atoms with Crippen molar-refractivity contribution >= 4 is 16.5 Å². The van der Waals surface area contributed by atoms with E-state index >= 15 is 0 Å². The topological polar surface area (TPSA) is 50.5 Å². The molecule has 0 aliphatic heterocycles. The van der Waals surface area contributed by atoms with Crippen LogP contribution in [0.5, 0.6) is 5.88 Å². The zero-order valence-electron chi connectivity index (χ0n) is 11.5. The van der Waals surface area contributed by atoms with Crippen molar-refractivity contribution in [3.05, 3.63) is 29.0 Å². The van der Waals surface area contributed by atoms with Gasteiger partial charge in [0.2, 0.25) is 5.88 Å². The third-order valence-electron chi connectivity index (χ3n) is 2.64. The number of nitrogens with one attached hydrogen (secondary N) is 1. The molecule has 0 fully saturated rings. The highest BCUT2D eigenvalue weighted by atomic mass is 32.1. The van der Waals surface area contributed by atoms with E-state index in [9.17, 15) is 0 Å². The van der Waals surface area contributed by atoms with Gasteiger partial charge in [-0.05, 0) is 12.1 Å². The predicted molar refractivity (Wildman–Crippen MR) is 77.1 cm³/mol. The molecule has 6 heteroatoms. The van der Waals surface area contributed by atoms with Crippen LogP contribution in [0.1, 0.15) is 10.6 Å². The molecule has 0 unspecified atom stereocenters. The van der Waals surface area contributed by atoms with Gasteiger partial charge in [0.15, 0.2) is 5.13 Å². The number of anilines is 1. The van der Waals surface area contributed by atoms with E-state index in [1.165, 1.54) is 0 Å². The highest BCUT2D eigenvalue weighted by molar-refractivity contribution is 7.15. The van der Waals surface area contributed by atoms with Crippen LogP contribution in [-0.4, -0.2) is 32.7 Å². The van der Waals surface area contributed by atoms with Gasteiger partial charge in [0.05, 0.1) is 18.3 Å². The monoisotopic (exact) mass is 281 g/mol. The molecule has 0 aliphatic carbocycles. The predicted octanol–water partition coefficient (Wildman–Crippen LogP) is 2.14. The third-order valence-corrected chi connectivity index (χ3v) is 3.84. The Morgan fingerprint density at radius 3 is 2.95 bits per heavy atom. The van der Waals surface area contributed by atoms with Crippen molar-refractivity contribution in [1.82, 2.24) is 10.3 Å². The second kappa shape index (κ2) is 6.58. The quantitative estimate of drug-likeness (QED) is 0.788. The van der Waals surface area contributed by atoms with Crippen LogP contribution in [-0.2, 0) is 13.0 Å². The Balaban J connectivity index is 1.84. The molecular formula is C13H19N3O2S. The Bertz CT molecular complexity index is 494. The van der Waals surface area contributed by atoms with Crippen LogP contribution in [0.15, 0.2) is 22.8 Å². The Labute approximate surface area is 117 Å². The van der Waals surface area contributed by atoms with Crippen LogP contribution in [0.25, 0.3) is 0 Å². The first kappa shape index (κ1) is 13.9. The minimum absolute atomic E-state index is 0.708. The lowest BCUT2D eigenvalue weighted by molar-refractivity contribution is 0.394. The minimum Gasteiger partial charge on any atom is -0.480 e. The lowest BCUT2D eigenvalue weighted by Crippen LogP contribution is -2.16. The van der Waals surface area contributed by atoms with Gasteiger partial charge in [0.25, 0.3) is 0 Å². The summed E-state index contributed by atoms with van der Waals surface area (Å²) in [5.41, 5.74) is 0. The summed E-state index contributed by atoms with van der Waals surface area (Å²) in [5.74, 6) is 1.71. The Morgan fingerprint density at radius 2 is 2.32 bits per heavy atom. The van der Waals surface area contributed by atoms with Gasteiger partial charge in [-0.25, -0.2) is 0 Å². The molecule has 104 valence electrons. The molecule has 2 aromatic rings. The number of ether oxygens (including phenoxy) is 1. The fraction of sp³-hybridized carbons (Fsp3) is 0.462. The van der Waals surface area contributed by atoms with E-state index in [-0.39, 0.29) is 0 Å². The number of hydrogen-bond acceptors (Lipinski definition) is 6. The lowest BCUT2D eigenvalue weighted by atomic mass is 10.3. The van der Waals surface area contributed by atoms with Gasteiger partial charge in [-0.1, -0.05) is 11.3 Å². The molecule has 0 bridgehead atoms. The van der Waals surface area contributed by atoms with Crippen molar-refractivity contribution in [2.45, 2.75) is 13.0 Å². The van der Waals surface area contributed by atoms with Gasteiger partial charge in [-0.15, -0.1) is 0 Å². The minimum atomic E-state index is 0.708.